The Balaban J connectivity index is 1.96. The first kappa shape index (κ1) is 10.4. The second kappa shape index (κ2) is 5.13. The molecule has 0 aromatic rings. The van der Waals surface area contributed by atoms with Crippen LogP contribution in [-0.2, 0) is 0 Å². The van der Waals surface area contributed by atoms with Gasteiger partial charge in [0, 0.05) is 17.8 Å². The third-order valence-electron chi connectivity index (χ3n) is 2.54. The van der Waals surface area contributed by atoms with Crippen LogP contribution in [0, 0.1) is 5.92 Å². The minimum atomic E-state index is 0.729. The van der Waals surface area contributed by atoms with Crippen LogP contribution in [0.15, 0.2) is 0 Å². The molecule has 1 aliphatic rings. The van der Waals surface area contributed by atoms with Gasteiger partial charge >= 0.3 is 0 Å². The van der Waals surface area contributed by atoms with Crippen molar-refractivity contribution in [3.05, 3.63) is 0 Å². The van der Waals surface area contributed by atoms with Crippen molar-refractivity contribution in [3.8, 4) is 0 Å². The van der Waals surface area contributed by atoms with E-state index in [4.69, 9.17) is 0 Å². The van der Waals surface area contributed by atoms with Crippen LogP contribution in [0.4, 0.5) is 0 Å². The molecule has 1 fully saturated rings. The lowest BCUT2D eigenvalue weighted by Gasteiger charge is -2.15. The van der Waals surface area contributed by atoms with Crippen LogP contribution in [0.3, 0.4) is 0 Å². The van der Waals surface area contributed by atoms with Crippen LogP contribution in [0.5, 0.6) is 0 Å². The molecule has 2 atom stereocenters. The van der Waals surface area contributed by atoms with Crippen molar-refractivity contribution in [3.63, 3.8) is 0 Å². The van der Waals surface area contributed by atoms with Crippen molar-refractivity contribution in [1.29, 1.82) is 0 Å². The molecule has 1 nitrogen and oxygen atoms in total. The molecule has 1 rings (SSSR count). The molecule has 12 heavy (non-hydrogen) atoms. The molecule has 0 radical (unpaired) electrons. The maximum Gasteiger partial charge on any atom is 0.0141 e. The SMILES string of the molecule is CSC(C)CNC(C)CC1CC1. The number of nitrogens with one attached hydrogen (secondary N) is 1. The summed E-state index contributed by atoms with van der Waals surface area (Å²) < 4.78 is 0. The molecule has 0 aromatic carbocycles. The highest BCUT2D eigenvalue weighted by Crippen LogP contribution is 2.33. The Morgan fingerprint density at radius 1 is 1.42 bits per heavy atom. The fourth-order valence-electron chi connectivity index (χ4n) is 1.39. The largest absolute Gasteiger partial charge is 0.313 e. The summed E-state index contributed by atoms with van der Waals surface area (Å²) in [7, 11) is 0. The number of hydrogen-bond acceptors (Lipinski definition) is 2. The summed E-state index contributed by atoms with van der Waals surface area (Å²) in [6.45, 7) is 5.75. The second-order valence-electron chi connectivity index (χ2n) is 4.03. The zero-order valence-corrected chi connectivity index (χ0v) is 9.29. The van der Waals surface area contributed by atoms with Crippen LogP contribution in [0.2, 0.25) is 0 Å². The van der Waals surface area contributed by atoms with Gasteiger partial charge in [-0.25, -0.2) is 0 Å². The third-order valence-corrected chi connectivity index (χ3v) is 3.51. The van der Waals surface area contributed by atoms with Crippen molar-refractivity contribution in [1.82, 2.24) is 5.32 Å². The number of thioether (sulfide) groups is 1. The summed E-state index contributed by atoms with van der Waals surface area (Å²) in [6, 6.07) is 0.729. The predicted octanol–water partition coefficient (Wildman–Crippen LogP) is 2.52. The summed E-state index contributed by atoms with van der Waals surface area (Å²) >= 11 is 1.94. The van der Waals surface area contributed by atoms with E-state index in [9.17, 15) is 0 Å². The molecule has 1 N–H and O–H groups in total. The van der Waals surface area contributed by atoms with Gasteiger partial charge in [-0.05, 0) is 25.5 Å². The van der Waals surface area contributed by atoms with E-state index in [1.807, 2.05) is 11.8 Å². The number of hydrogen-bond donors (Lipinski definition) is 1. The van der Waals surface area contributed by atoms with E-state index in [-0.39, 0.29) is 0 Å². The molecule has 0 heterocycles. The molecule has 0 bridgehead atoms. The molecule has 2 heteroatoms. The molecule has 0 aromatic heterocycles. The molecular weight excluding hydrogens is 166 g/mol. The van der Waals surface area contributed by atoms with E-state index in [0.717, 1.165) is 23.8 Å². The Morgan fingerprint density at radius 2 is 2.08 bits per heavy atom. The van der Waals surface area contributed by atoms with Crippen molar-refractivity contribution < 1.29 is 0 Å². The Hall–Kier alpha value is 0.310. The van der Waals surface area contributed by atoms with Crippen LogP contribution < -0.4 is 5.32 Å². The quantitative estimate of drug-likeness (QED) is 0.686. The van der Waals surface area contributed by atoms with Gasteiger partial charge < -0.3 is 5.32 Å². The lowest BCUT2D eigenvalue weighted by molar-refractivity contribution is 0.491. The average Bonchev–Trinajstić information content (AvgIpc) is 2.84. The molecule has 0 amide bonds. The standard InChI is InChI=1S/C10H21NS/c1-8(6-10-4-5-10)11-7-9(2)12-3/h8-11H,4-7H2,1-3H3. The van der Waals surface area contributed by atoms with E-state index in [0.29, 0.717) is 0 Å². The normalized spacial score (nSPS) is 22.2. The molecule has 1 aliphatic carbocycles. The molecule has 72 valence electrons. The van der Waals surface area contributed by atoms with E-state index in [1.54, 1.807) is 0 Å². The highest BCUT2D eigenvalue weighted by molar-refractivity contribution is 7.99. The first-order valence-corrected chi connectivity index (χ1v) is 6.27. The monoisotopic (exact) mass is 187 g/mol. The van der Waals surface area contributed by atoms with Crippen molar-refractivity contribution in [2.45, 2.75) is 44.4 Å². The minimum absolute atomic E-state index is 0.729. The van der Waals surface area contributed by atoms with E-state index < -0.39 is 0 Å². The minimum Gasteiger partial charge on any atom is -0.313 e. The zero-order chi connectivity index (χ0) is 8.97. The highest BCUT2D eigenvalue weighted by atomic mass is 32.2. The van der Waals surface area contributed by atoms with Crippen LogP contribution in [0.25, 0.3) is 0 Å². The van der Waals surface area contributed by atoms with Gasteiger partial charge in [0.2, 0.25) is 0 Å². The zero-order valence-electron chi connectivity index (χ0n) is 8.47. The Morgan fingerprint density at radius 3 is 2.58 bits per heavy atom. The Bertz CT molecular complexity index is 123. The summed E-state index contributed by atoms with van der Waals surface area (Å²) in [6.07, 6.45) is 6.52. The maximum absolute atomic E-state index is 3.58. The third kappa shape index (κ3) is 4.36. The summed E-state index contributed by atoms with van der Waals surface area (Å²) in [5, 5.41) is 4.34. The molecule has 2 unspecified atom stereocenters. The van der Waals surface area contributed by atoms with Crippen LogP contribution in [0.1, 0.15) is 33.1 Å². The Kier molecular flexibility index (Phi) is 4.44. The summed E-state index contributed by atoms with van der Waals surface area (Å²) in [5.74, 6) is 1.05. The summed E-state index contributed by atoms with van der Waals surface area (Å²) in [5.41, 5.74) is 0. The summed E-state index contributed by atoms with van der Waals surface area (Å²) in [4.78, 5) is 0. The van der Waals surface area contributed by atoms with Gasteiger partial charge in [-0.15, -0.1) is 0 Å². The van der Waals surface area contributed by atoms with Gasteiger partial charge in [0.15, 0.2) is 0 Å². The highest BCUT2D eigenvalue weighted by Gasteiger charge is 2.23. The first-order chi connectivity index (χ1) is 5.72. The van der Waals surface area contributed by atoms with Gasteiger partial charge in [0.25, 0.3) is 0 Å². The van der Waals surface area contributed by atoms with Crippen molar-refractivity contribution in [2.24, 2.45) is 5.92 Å². The molecule has 0 saturated heterocycles. The molecule has 0 aliphatic heterocycles. The predicted molar refractivity (Wildman–Crippen MR) is 57.8 cm³/mol. The molecule has 0 spiro atoms. The lowest BCUT2D eigenvalue weighted by Crippen LogP contribution is -2.31. The molecular formula is C10H21NS. The van der Waals surface area contributed by atoms with Crippen LogP contribution >= 0.6 is 11.8 Å². The first-order valence-electron chi connectivity index (χ1n) is 4.98. The Labute approximate surface area is 80.7 Å². The fourth-order valence-corrected chi connectivity index (χ4v) is 1.65. The maximum atomic E-state index is 3.58. The topological polar surface area (TPSA) is 12.0 Å². The number of rotatable bonds is 6. The smallest absolute Gasteiger partial charge is 0.0141 e. The average molecular weight is 187 g/mol. The van der Waals surface area contributed by atoms with Crippen molar-refractivity contribution >= 4 is 11.8 Å². The van der Waals surface area contributed by atoms with Gasteiger partial charge in [0.05, 0.1) is 0 Å². The van der Waals surface area contributed by atoms with Gasteiger partial charge in [-0.2, -0.15) is 11.8 Å². The second-order valence-corrected chi connectivity index (χ2v) is 5.31. The van der Waals surface area contributed by atoms with E-state index in [1.165, 1.54) is 19.3 Å². The fraction of sp³-hybridized carbons (Fsp3) is 1.00. The van der Waals surface area contributed by atoms with E-state index in [2.05, 4.69) is 25.4 Å². The van der Waals surface area contributed by atoms with Crippen molar-refractivity contribution in [2.75, 3.05) is 12.8 Å². The van der Waals surface area contributed by atoms with Gasteiger partial charge in [0.1, 0.15) is 0 Å². The van der Waals surface area contributed by atoms with Gasteiger partial charge in [-0.1, -0.05) is 19.8 Å². The van der Waals surface area contributed by atoms with Gasteiger partial charge in [-0.3, -0.25) is 0 Å². The lowest BCUT2D eigenvalue weighted by atomic mass is 10.1. The molecule has 1 saturated carbocycles. The van der Waals surface area contributed by atoms with Crippen LogP contribution in [-0.4, -0.2) is 24.1 Å². The van der Waals surface area contributed by atoms with E-state index >= 15 is 0 Å².